The van der Waals surface area contributed by atoms with E-state index in [2.05, 4.69) is 5.32 Å². The molecule has 3 heteroatoms. The molecule has 2 rings (SSSR count). The number of amides is 1. The van der Waals surface area contributed by atoms with E-state index in [1.807, 2.05) is 18.2 Å². The number of aromatic hydroxyl groups is 1. The van der Waals surface area contributed by atoms with Crippen LogP contribution in [0.5, 0.6) is 5.75 Å². The van der Waals surface area contributed by atoms with Crippen molar-refractivity contribution >= 4 is 12.0 Å². The summed E-state index contributed by atoms with van der Waals surface area (Å²) in [5.74, 6) is 0.0751. The zero-order valence-electron chi connectivity index (χ0n) is 9.71. The molecule has 3 nitrogen and oxygen atoms in total. The van der Waals surface area contributed by atoms with Gasteiger partial charge in [0.15, 0.2) is 0 Å². The molecule has 1 amide bonds. The van der Waals surface area contributed by atoms with E-state index in [1.165, 1.54) is 0 Å². The largest absolute Gasteiger partial charge is 0.508 e. The highest BCUT2D eigenvalue weighted by Gasteiger charge is 2.00. The Morgan fingerprint density at radius 3 is 2.33 bits per heavy atom. The average molecular weight is 239 g/mol. The van der Waals surface area contributed by atoms with Gasteiger partial charge < -0.3 is 10.4 Å². The zero-order valence-corrected chi connectivity index (χ0v) is 9.71. The number of phenols is 1. The number of hydrogen-bond acceptors (Lipinski definition) is 2. The Balaban J connectivity index is 1.96. The van der Waals surface area contributed by atoms with E-state index < -0.39 is 0 Å². The number of carbonyl (C=O) groups excluding carboxylic acids is 1. The minimum Gasteiger partial charge on any atom is -0.508 e. The van der Waals surface area contributed by atoms with Gasteiger partial charge in [0.2, 0.25) is 0 Å². The molecule has 0 saturated heterocycles. The Bertz CT molecular complexity index is 544. The quantitative estimate of drug-likeness (QED) is 0.865. The molecule has 0 heterocycles. The van der Waals surface area contributed by atoms with Gasteiger partial charge in [-0.15, -0.1) is 0 Å². The van der Waals surface area contributed by atoms with Crippen LogP contribution in [0.15, 0.2) is 60.8 Å². The van der Waals surface area contributed by atoms with Crippen LogP contribution in [0, 0.1) is 0 Å². The van der Waals surface area contributed by atoms with Gasteiger partial charge in [0.25, 0.3) is 5.91 Å². The van der Waals surface area contributed by atoms with E-state index >= 15 is 0 Å². The van der Waals surface area contributed by atoms with Crippen LogP contribution in [0.4, 0.5) is 0 Å². The van der Waals surface area contributed by atoms with Crippen LogP contribution in [0.2, 0.25) is 0 Å². The Labute approximate surface area is 105 Å². The van der Waals surface area contributed by atoms with Gasteiger partial charge in [-0.05, 0) is 35.9 Å². The maximum Gasteiger partial charge on any atom is 0.255 e. The molecule has 2 aromatic rings. The lowest BCUT2D eigenvalue weighted by atomic mass is 10.2. The van der Waals surface area contributed by atoms with E-state index in [0.29, 0.717) is 5.56 Å². The van der Waals surface area contributed by atoms with Gasteiger partial charge in [-0.3, -0.25) is 4.79 Å². The summed E-state index contributed by atoms with van der Waals surface area (Å²) < 4.78 is 0. The maximum absolute atomic E-state index is 11.7. The van der Waals surface area contributed by atoms with Crippen LogP contribution in [0.1, 0.15) is 15.9 Å². The van der Waals surface area contributed by atoms with Gasteiger partial charge in [0.1, 0.15) is 5.75 Å². The highest BCUT2D eigenvalue weighted by molar-refractivity contribution is 5.95. The third-order valence-electron chi connectivity index (χ3n) is 2.42. The van der Waals surface area contributed by atoms with Crippen molar-refractivity contribution in [3.63, 3.8) is 0 Å². The van der Waals surface area contributed by atoms with E-state index in [9.17, 15) is 4.79 Å². The van der Waals surface area contributed by atoms with Crippen LogP contribution in [0.25, 0.3) is 6.08 Å². The average Bonchev–Trinajstić information content (AvgIpc) is 2.42. The van der Waals surface area contributed by atoms with Crippen molar-refractivity contribution in [3.05, 3.63) is 71.9 Å². The molecule has 0 spiro atoms. The molecule has 0 saturated carbocycles. The van der Waals surface area contributed by atoms with Crippen molar-refractivity contribution in [1.29, 1.82) is 0 Å². The Kier molecular flexibility index (Phi) is 3.76. The first-order chi connectivity index (χ1) is 8.75. The van der Waals surface area contributed by atoms with Crippen molar-refractivity contribution < 1.29 is 9.90 Å². The maximum atomic E-state index is 11.7. The molecule has 0 radical (unpaired) electrons. The normalized spacial score (nSPS) is 10.4. The predicted octanol–water partition coefficient (Wildman–Crippen LogP) is 2.79. The van der Waals surface area contributed by atoms with Crippen LogP contribution < -0.4 is 5.32 Å². The third kappa shape index (κ3) is 3.22. The standard InChI is InChI=1S/C15H13NO2/c17-14-8-6-12(7-9-14)10-11-16-15(18)13-4-2-1-3-5-13/h1-11,17H,(H,16,18)/b11-10+. The number of carbonyl (C=O) groups is 1. The van der Waals surface area contributed by atoms with E-state index in [4.69, 9.17) is 5.11 Å². The lowest BCUT2D eigenvalue weighted by molar-refractivity contribution is 0.0970. The summed E-state index contributed by atoms with van der Waals surface area (Å²) in [6, 6.07) is 15.7. The fourth-order valence-corrected chi connectivity index (χ4v) is 1.47. The molecule has 0 atom stereocenters. The van der Waals surface area contributed by atoms with Gasteiger partial charge in [-0.2, -0.15) is 0 Å². The van der Waals surface area contributed by atoms with Crippen molar-refractivity contribution in [2.24, 2.45) is 0 Å². The molecule has 0 bridgehead atoms. The highest BCUT2D eigenvalue weighted by Crippen LogP contribution is 2.10. The molecule has 0 aliphatic carbocycles. The number of rotatable bonds is 3. The summed E-state index contributed by atoms with van der Waals surface area (Å²) in [5, 5.41) is 11.8. The molecule has 2 aromatic carbocycles. The monoisotopic (exact) mass is 239 g/mol. The van der Waals surface area contributed by atoms with Crippen molar-refractivity contribution in [2.45, 2.75) is 0 Å². The Morgan fingerprint density at radius 1 is 1.00 bits per heavy atom. The number of hydrogen-bond donors (Lipinski definition) is 2. The molecule has 90 valence electrons. The molecule has 0 aliphatic rings. The first kappa shape index (κ1) is 11.9. The highest BCUT2D eigenvalue weighted by atomic mass is 16.3. The molecular formula is C15H13NO2. The summed E-state index contributed by atoms with van der Waals surface area (Å²) in [7, 11) is 0. The minimum atomic E-state index is -0.148. The summed E-state index contributed by atoms with van der Waals surface area (Å²) in [5.41, 5.74) is 1.52. The lowest BCUT2D eigenvalue weighted by Crippen LogP contribution is -2.16. The SMILES string of the molecule is O=C(N/C=C/c1ccc(O)cc1)c1ccccc1. The van der Waals surface area contributed by atoms with E-state index in [1.54, 1.807) is 48.7 Å². The summed E-state index contributed by atoms with van der Waals surface area (Å²) in [6.07, 6.45) is 3.35. The van der Waals surface area contributed by atoms with Crippen molar-refractivity contribution in [2.75, 3.05) is 0 Å². The fraction of sp³-hybridized carbons (Fsp3) is 0. The van der Waals surface area contributed by atoms with E-state index in [0.717, 1.165) is 5.56 Å². The van der Waals surface area contributed by atoms with Crippen LogP contribution in [0.3, 0.4) is 0 Å². The summed E-state index contributed by atoms with van der Waals surface area (Å²) in [6.45, 7) is 0. The first-order valence-electron chi connectivity index (χ1n) is 5.57. The molecular weight excluding hydrogens is 226 g/mol. The Morgan fingerprint density at radius 2 is 1.67 bits per heavy atom. The zero-order chi connectivity index (χ0) is 12.8. The van der Waals surface area contributed by atoms with Gasteiger partial charge in [0, 0.05) is 11.8 Å². The molecule has 0 aromatic heterocycles. The van der Waals surface area contributed by atoms with E-state index in [-0.39, 0.29) is 11.7 Å². The Hall–Kier alpha value is -2.55. The van der Waals surface area contributed by atoms with Crippen LogP contribution >= 0.6 is 0 Å². The van der Waals surface area contributed by atoms with Gasteiger partial charge in [-0.25, -0.2) is 0 Å². The minimum absolute atomic E-state index is 0.148. The van der Waals surface area contributed by atoms with Gasteiger partial charge in [0.05, 0.1) is 0 Å². The second-order valence-corrected chi connectivity index (χ2v) is 3.76. The second kappa shape index (κ2) is 5.68. The molecule has 0 unspecified atom stereocenters. The summed E-state index contributed by atoms with van der Waals surface area (Å²) >= 11 is 0. The molecule has 18 heavy (non-hydrogen) atoms. The number of phenolic OH excluding ortho intramolecular Hbond substituents is 1. The predicted molar refractivity (Wildman–Crippen MR) is 71.0 cm³/mol. The van der Waals surface area contributed by atoms with Gasteiger partial charge >= 0.3 is 0 Å². The second-order valence-electron chi connectivity index (χ2n) is 3.76. The first-order valence-corrected chi connectivity index (χ1v) is 5.57. The summed E-state index contributed by atoms with van der Waals surface area (Å²) in [4.78, 5) is 11.7. The smallest absolute Gasteiger partial charge is 0.255 e. The van der Waals surface area contributed by atoms with Crippen LogP contribution in [-0.4, -0.2) is 11.0 Å². The molecule has 0 fully saturated rings. The topological polar surface area (TPSA) is 49.3 Å². The fourth-order valence-electron chi connectivity index (χ4n) is 1.47. The third-order valence-corrected chi connectivity index (χ3v) is 2.42. The van der Waals surface area contributed by atoms with Crippen LogP contribution in [-0.2, 0) is 0 Å². The molecule has 0 aliphatic heterocycles. The van der Waals surface area contributed by atoms with Gasteiger partial charge in [-0.1, -0.05) is 30.3 Å². The molecule has 2 N–H and O–H groups in total. The number of benzene rings is 2. The van der Waals surface area contributed by atoms with Crippen molar-refractivity contribution in [3.8, 4) is 5.75 Å². The lowest BCUT2D eigenvalue weighted by Gasteiger charge is -1.99. The number of nitrogens with one attached hydrogen (secondary N) is 1. The van der Waals surface area contributed by atoms with Crippen molar-refractivity contribution in [1.82, 2.24) is 5.32 Å².